The Morgan fingerprint density at radius 3 is 2.43 bits per heavy atom. The van der Waals surface area contributed by atoms with Crippen molar-refractivity contribution in [3.05, 3.63) is 52.4 Å². The van der Waals surface area contributed by atoms with Crippen molar-refractivity contribution in [1.29, 1.82) is 0 Å². The average Bonchev–Trinajstić information content (AvgIpc) is 3.21. The van der Waals surface area contributed by atoms with E-state index in [0.717, 1.165) is 11.1 Å². The maximum Gasteiger partial charge on any atom is 0.269 e. The number of benzene rings is 1. The van der Waals surface area contributed by atoms with Crippen molar-refractivity contribution in [2.75, 3.05) is 13.1 Å². The van der Waals surface area contributed by atoms with Gasteiger partial charge in [0.1, 0.15) is 4.21 Å². The summed E-state index contributed by atoms with van der Waals surface area (Å²) in [5.74, 6) is -1.01. The predicted molar refractivity (Wildman–Crippen MR) is 107 cm³/mol. The van der Waals surface area contributed by atoms with Gasteiger partial charge in [0.25, 0.3) is 15.9 Å². The summed E-state index contributed by atoms with van der Waals surface area (Å²) in [6, 6.07) is 8.76. The largest absolute Gasteiger partial charge is 0.273 e. The highest BCUT2D eigenvalue weighted by Gasteiger charge is 2.32. The number of rotatable bonds is 4. The number of hydrazine groups is 1. The molecule has 1 aliphatic heterocycles. The number of hydrogen-bond donors (Lipinski definition) is 2. The van der Waals surface area contributed by atoms with E-state index < -0.39 is 10.0 Å². The van der Waals surface area contributed by atoms with Crippen LogP contribution in [0.3, 0.4) is 0 Å². The van der Waals surface area contributed by atoms with Gasteiger partial charge in [0.05, 0.1) is 0 Å². The highest BCUT2D eigenvalue weighted by molar-refractivity contribution is 7.91. The Kier molecular flexibility index (Phi) is 6.17. The molecule has 0 spiro atoms. The second-order valence-electron chi connectivity index (χ2n) is 6.87. The monoisotopic (exact) mass is 421 g/mol. The summed E-state index contributed by atoms with van der Waals surface area (Å²) in [6.07, 6.45) is 0.825. The van der Waals surface area contributed by atoms with Crippen LogP contribution in [-0.4, -0.2) is 37.6 Å². The lowest BCUT2D eigenvalue weighted by molar-refractivity contribution is -0.126. The standard InChI is InChI=1S/C19H23N3O4S2/c1-13-5-6-16(14(2)12-13)19(24)21-20-18(23)15-7-9-22(10-8-15)28(25,26)17-4-3-11-27-17/h3-6,11-12,15H,7-10H2,1-2H3,(H,20,23)(H,21,24). The molecule has 7 nitrogen and oxygen atoms in total. The molecule has 3 rings (SSSR count). The van der Waals surface area contributed by atoms with Gasteiger partial charge in [0.2, 0.25) is 5.91 Å². The van der Waals surface area contributed by atoms with E-state index >= 15 is 0 Å². The summed E-state index contributed by atoms with van der Waals surface area (Å²) in [4.78, 5) is 24.6. The van der Waals surface area contributed by atoms with Crippen LogP contribution in [0.4, 0.5) is 0 Å². The molecule has 1 aromatic heterocycles. The molecule has 2 aromatic rings. The highest BCUT2D eigenvalue weighted by Crippen LogP contribution is 2.26. The van der Waals surface area contributed by atoms with Crippen molar-refractivity contribution >= 4 is 33.2 Å². The number of piperidine rings is 1. The third-order valence-corrected chi connectivity index (χ3v) is 8.11. The first kappa shape index (κ1) is 20.5. The van der Waals surface area contributed by atoms with E-state index in [1.165, 1.54) is 15.6 Å². The van der Waals surface area contributed by atoms with E-state index in [1.807, 2.05) is 26.0 Å². The molecule has 9 heteroatoms. The van der Waals surface area contributed by atoms with Gasteiger partial charge < -0.3 is 0 Å². The van der Waals surface area contributed by atoms with Crippen LogP contribution in [-0.2, 0) is 14.8 Å². The number of hydrogen-bond acceptors (Lipinski definition) is 5. The first-order chi connectivity index (χ1) is 13.3. The third kappa shape index (κ3) is 4.43. The second kappa shape index (κ2) is 8.42. The molecule has 0 unspecified atom stereocenters. The third-order valence-electron chi connectivity index (χ3n) is 4.84. The maximum absolute atomic E-state index is 12.5. The van der Waals surface area contributed by atoms with Gasteiger partial charge in [0, 0.05) is 24.6 Å². The molecular weight excluding hydrogens is 398 g/mol. The zero-order valence-corrected chi connectivity index (χ0v) is 17.4. The minimum absolute atomic E-state index is 0.281. The number of carbonyl (C=O) groups excluding carboxylic acids is 2. The van der Waals surface area contributed by atoms with Crippen LogP contribution in [0.25, 0.3) is 0 Å². The van der Waals surface area contributed by atoms with Crippen molar-refractivity contribution in [2.24, 2.45) is 5.92 Å². The normalized spacial score (nSPS) is 15.9. The highest BCUT2D eigenvalue weighted by atomic mass is 32.2. The van der Waals surface area contributed by atoms with Crippen LogP contribution in [0.1, 0.15) is 34.3 Å². The van der Waals surface area contributed by atoms with Crippen molar-refractivity contribution < 1.29 is 18.0 Å². The molecule has 0 aliphatic carbocycles. The van der Waals surface area contributed by atoms with Crippen LogP contribution in [0.5, 0.6) is 0 Å². The lowest BCUT2D eigenvalue weighted by atomic mass is 9.97. The van der Waals surface area contributed by atoms with Gasteiger partial charge in [-0.25, -0.2) is 8.42 Å². The van der Waals surface area contributed by atoms with E-state index in [9.17, 15) is 18.0 Å². The van der Waals surface area contributed by atoms with Gasteiger partial charge in [0.15, 0.2) is 0 Å². The SMILES string of the molecule is Cc1ccc(C(=O)NNC(=O)C2CCN(S(=O)(=O)c3cccs3)CC2)c(C)c1. The number of carbonyl (C=O) groups is 2. The lowest BCUT2D eigenvalue weighted by Crippen LogP contribution is -2.48. The molecule has 150 valence electrons. The van der Waals surface area contributed by atoms with Gasteiger partial charge in [-0.05, 0) is 49.8 Å². The van der Waals surface area contributed by atoms with Gasteiger partial charge in [-0.3, -0.25) is 20.4 Å². The first-order valence-electron chi connectivity index (χ1n) is 9.00. The molecule has 1 fully saturated rings. The fourth-order valence-electron chi connectivity index (χ4n) is 3.25. The molecule has 1 saturated heterocycles. The number of sulfonamides is 1. The van der Waals surface area contributed by atoms with Crippen molar-refractivity contribution in [3.63, 3.8) is 0 Å². The number of nitrogens with one attached hydrogen (secondary N) is 2. The molecule has 1 aromatic carbocycles. The van der Waals surface area contributed by atoms with Crippen LogP contribution in [0.2, 0.25) is 0 Å². The molecule has 2 N–H and O–H groups in total. The molecule has 28 heavy (non-hydrogen) atoms. The van der Waals surface area contributed by atoms with Gasteiger partial charge in [-0.2, -0.15) is 4.31 Å². The average molecular weight is 422 g/mol. The molecular formula is C19H23N3O4S2. The molecule has 0 atom stereocenters. The fraction of sp³-hybridized carbons (Fsp3) is 0.368. The Morgan fingerprint density at radius 2 is 1.82 bits per heavy atom. The maximum atomic E-state index is 12.5. The molecule has 0 radical (unpaired) electrons. The summed E-state index contributed by atoms with van der Waals surface area (Å²) in [7, 11) is -3.49. The predicted octanol–water partition coefficient (Wildman–Crippen LogP) is 2.23. The van der Waals surface area contributed by atoms with Crippen LogP contribution in [0.15, 0.2) is 39.9 Å². The Morgan fingerprint density at radius 1 is 1.11 bits per heavy atom. The molecule has 2 amide bonds. The summed E-state index contributed by atoms with van der Waals surface area (Å²) in [5.41, 5.74) is 7.31. The molecule has 2 heterocycles. The van der Waals surface area contributed by atoms with Gasteiger partial charge in [-0.15, -0.1) is 11.3 Å². The van der Waals surface area contributed by atoms with Crippen LogP contribution in [0, 0.1) is 19.8 Å². The quantitative estimate of drug-likeness (QED) is 0.740. The van der Waals surface area contributed by atoms with Crippen molar-refractivity contribution in [3.8, 4) is 0 Å². The summed E-state index contributed by atoms with van der Waals surface area (Å²) >= 11 is 1.19. The van der Waals surface area contributed by atoms with Gasteiger partial charge in [-0.1, -0.05) is 23.8 Å². The number of thiophene rings is 1. The van der Waals surface area contributed by atoms with E-state index in [4.69, 9.17) is 0 Å². The van der Waals surface area contributed by atoms with E-state index in [-0.39, 0.29) is 30.8 Å². The Balaban J connectivity index is 1.52. The zero-order valence-electron chi connectivity index (χ0n) is 15.8. The summed E-state index contributed by atoms with van der Waals surface area (Å²) < 4.78 is 26.8. The minimum atomic E-state index is -3.49. The molecule has 0 saturated carbocycles. The number of nitrogens with zero attached hydrogens (tertiary/aromatic N) is 1. The topological polar surface area (TPSA) is 95.6 Å². The summed E-state index contributed by atoms with van der Waals surface area (Å²) in [6.45, 7) is 4.35. The van der Waals surface area contributed by atoms with E-state index in [1.54, 1.807) is 23.6 Å². The van der Waals surface area contributed by atoms with Crippen molar-refractivity contribution in [2.45, 2.75) is 30.9 Å². The minimum Gasteiger partial charge on any atom is -0.273 e. The smallest absolute Gasteiger partial charge is 0.269 e. The number of amides is 2. The first-order valence-corrected chi connectivity index (χ1v) is 11.3. The lowest BCUT2D eigenvalue weighted by Gasteiger charge is -2.30. The second-order valence-corrected chi connectivity index (χ2v) is 9.98. The van der Waals surface area contributed by atoms with Crippen LogP contribution < -0.4 is 10.9 Å². The number of aryl methyl sites for hydroxylation is 2. The summed E-state index contributed by atoms with van der Waals surface area (Å²) in [5, 5.41) is 1.73. The molecule has 0 bridgehead atoms. The zero-order chi connectivity index (χ0) is 20.3. The Bertz CT molecular complexity index is 963. The van der Waals surface area contributed by atoms with Crippen molar-refractivity contribution in [1.82, 2.24) is 15.2 Å². The van der Waals surface area contributed by atoms with E-state index in [0.29, 0.717) is 22.6 Å². The Labute approximate surface area is 168 Å². The fourth-order valence-corrected chi connectivity index (χ4v) is 5.87. The van der Waals surface area contributed by atoms with Crippen LogP contribution >= 0.6 is 11.3 Å². The van der Waals surface area contributed by atoms with E-state index in [2.05, 4.69) is 10.9 Å². The Hall–Kier alpha value is -2.23. The molecule has 1 aliphatic rings. The van der Waals surface area contributed by atoms with Gasteiger partial charge >= 0.3 is 0 Å².